The van der Waals surface area contributed by atoms with Gasteiger partial charge in [-0.05, 0) is 285 Å². The zero-order chi connectivity index (χ0) is 49.8. The molecule has 0 heterocycles. The molecule has 0 amide bonds. The molecule has 16 fully saturated rings. The largest absolute Gasteiger partial charge is 0.453 e. The van der Waals surface area contributed by atoms with E-state index in [0.717, 1.165) is 85.8 Å². The number of ether oxygens (including phenoxy) is 2. The van der Waals surface area contributed by atoms with E-state index in [-0.39, 0.29) is 28.3 Å². The summed E-state index contributed by atoms with van der Waals surface area (Å²) in [4.78, 5) is 0. The lowest BCUT2D eigenvalue weighted by atomic mass is 9.26. The summed E-state index contributed by atoms with van der Waals surface area (Å²) in [5, 5.41) is 23.9. The standard InChI is InChI=1S/C66H88N2O4/c1-38-17-51(62-29-58(7)28-59(8,30-62)34-64(33-58,35-62)63-20-42-18-56(5,31-63)27-57(6,19-42)32-63)41(4)53(72-48-15-11-46(12-16-48)61-22-44-24-66(70,37-61)55(68)50(26-61)40(44)3)52(38)71-47-13-9-45(10-14-47)60-21-43-23-65(69,36-60)54(67)49(25-60)39(43)2/h9-17,39-40,42-44,49-50,54-55,69-70H,18-37,67-68H2,1-8H3. The van der Waals surface area contributed by atoms with Crippen LogP contribution in [0.3, 0.4) is 0 Å². The summed E-state index contributed by atoms with van der Waals surface area (Å²) in [5.41, 5.74) is 21.1. The van der Waals surface area contributed by atoms with Crippen LogP contribution in [0, 0.1) is 87.8 Å². The summed E-state index contributed by atoms with van der Waals surface area (Å²) in [7, 11) is 0. The Morgan fingerprint density at radius 3 is 1.42 bits per heavy atom. The number of rotatable bonds is 8. The normalized spacial score (nSPS) is 53.5. The first-order valence-corrected chi connectivity index (χ1v) is 29.5. The van der Waals surface area contributed by atoms with Crippen molar-refractivity contribution < 1.29 is 19.7 Å². The van der Waals surface area contributed by atoms with Crippen molar-refractivity contribution in [2.75, 3.05) is 0 Å². The van der Waals surface area contributed by atoms with Gasteiger partial charge in [-0.1, -0.05) is 71.9 Å². The summed E-state index contributed by atoms with van der Waals surface area (Å²) in [5.74, 6) is 7.13. The lowest BCUT2D eigenvalue weighted by molar-refractivity contribution is -0.270. The third-order valence-corrected chi connectivity index (χ3v) is 26.0. The number of aliphatic hydroxyl groups is 2. The molecule has 0 spiro atoms. The van der Waals surface area contributed by atoms with Crippen molar-refractivity contribution in [2.45, 2.75) is 223 Å². The maximum Gasteiger partial charge on any atom is 0.173 e. The second-order valence-corrected chi connectivity index (χ2v) is 31.9. The first kappa shape index (κ1) is 46.4. The third kappa shape index (κ3) is 6.11. The summed E-state index contributed by atoms with van der Waals surface area (Å²) >= 11 is 0. The second kappa shape index (κ2) is 14.0. The zero-order valence-corrected chi connectivity index (χ0v) is 45.4. The Morgan fingerprint density at radius 1 is 0.472 bits per heavy atom. The maximum absolute atomic E-state index is 12.0. The Kier molecular flexibility index (Phi) is 9.01. The van der Waals surface area contributed by atoms with Crippen LogP contribution in [0.5, 0.6) is 23.0 Å². The smallest absolute Gasteiger partial charge is 0.173 e. The number of benzene rings is 3. The van der Waals surface area contributed by atoms with Crippen LogP contribution in [0.2, 0.25) is 0 Å². The molecule has 72 heavy (non-hydrogen) atoms. The Labute approximate surface area is 431 Å². The average Bonchev–Trinajstić information content (AvgIpc) is 3.27. The molecule has 0 aliphatic heterocycles. The maximum atomic E-state index is 12.0. The summed E-state index contributed by atoms with van der Waals surface area (Å²) < 4.78 is 14.6. The third-order valence-electron chi connectivity index (χ3n) is 26.0. The molecule has 0 radical (unpaired) electrons. The minimum Gasteiger partial charge on any atom is -0.453 e. The molecular formula is C66H88N2O4. The quantitative estimate of drug-likeness (QED) is 0.179. The lowest BCUT2D eigenvalue weighted by Gasteiger charge is -2.78. The van der Waals surface area contributed by atoms with E-state index in [2.05, 4.69) is 110 Å². The molecule has 16 unspecified atom stereocenters. The van der Waals surface area contributed by atoms with Gasteiger partial charge in [0.1, 0.15) is 11.5 Å². The van der Waals surface area contributed by atoms with Crippen molar-refractivity contribution in [1.82, 2.24) is 0 Å². The van der Waals surface area contributed by atoms with Gasteiger partial charge in [-0.3, -0.25) is 0 Å². The van der Waals surface area contributed by atoms with E-state index in [1.54, 1.807) is 0 Å². The van der Waals surface area contributed by atoms with E-state index in [0.29, 0.717) is 68.0 Å². The van der Waals surface area contributed by atoms with Crippen LogP contribution in [-0.2, 0) is 16.2 Å². The Hall–Kier alpha value is -2.90. The fourth-order valence-corrected chi connectivity index (χ4v) is 25.7. The van der Waals surface area contributed by atoms with Gasteiger partial charge in [0.25, 0.3) is 0 Å². The number of hydrogen-bond donors (Lipinski definition) is 4. The summed E-state index contributed by atoms with van der Waals surface area (Å²) in [6.45, 7) is 20.3. The van der Waals surface area contributed by atoms with Crippen LogP contribution in [0.1, 0.15) is 198 Å². The van der Waals surface area contributed by atoms with Gasteiger partial charge >= 0.3 is 0 Å². The van der Waals surface area contributed by atoms with Gasteiger partial charge in [-0.25, -0.2) is 0 Å². The van der Waals surface area contributed by atoms with Gasteiger partial charge in [-0.15, -0.1) is 0 Å². The van der Waals surface area contributed by atoms with Gasteiger partial charge in [-0.2, -0.15) is 0 Å². The molecule has 16 bridgehead atoms. The van der Waals surface area contributed by atoms with Crippen LogP contribution in [0.4, 0.5) is 0 Å². The summed E-state index contributed by atoms with van der Waals surface area (Å²) in [6, 6.07) is 20.3. The molecule has 3 aromatic rings. The van der Waals surface area contributed by atoms with E-state index < -0.39 is 11.2 Å². The van der Waals surface area contributed by atoms with Crippen molar-refractivity contribution in [2.24, 2.45) is 85.4 Å². The monoisotopic (exact) mass is 973 g/mol. The fraction of sp³-hybridized carbons (Fsp3) is 0.727. The summed E-state index contributed by atoms with van der Waals surface area (Å²) in [6.07, 6.45) is 24.4. The van der Waals surface area contributed by atoms with Gasteiger partial charge in [0.2, 0.25) is 0 Å². The molecule has 16 saturated carbocycles. The van der Waals surface area contributed by atoms with Crippen LogP contribution in [0.25, 0.3) is 0 Å². The van der Waals surface area contributed by atoms with Gasteiger partial charge in [0.15, 0.2) is 11.5 Å². The molecule has 16 atom stereocenters. The molecule has 6 heteroatoms. The van der Waals surface area contributed by atoms with E-state index in [1.165, 1.54) is 99.3 Å². The number of nitrogens with two attached hydrogens (primary N) is 2. The van der Waals surface area contributed by atoms with E-state index in [1.807, 2.05) is 0 Å². The molecule has 0 aromatic heterocycles. The first-order valence-electron chi connectivity index (χ1n) is 29.5. The Morgan fingerprint density at radius 2 is 0.931 bits per heavy atom. The minimum absolute atomic E-state index is 0.0376. The highest BCUT2D eigenvalue weighted by molar-refractivity contribution is 5.60. The molecule has 6 N–H and O–H groups in total. The molecule has 3 aromatic carbocycles. The molecule has 6 nitrogen and oxygen atoms in total. The van der Waals surface area contributed by atoms with Crippen LogP contribution in [-0.4, -0.2) is 33.5 Å². The van der Waals surface area contributed by atoms with Crippen molar-refractivity contribution in [3.05, 3.63) is 82.4 Å². The highest BCUT2D eigenvalue weighted by Crippen LogP contribution is 2.84. The Balaban J connectivity index is 0.812. The first-order chi connectivity index (χ1) is 33.8. The van der Waals surface area contributed by atoms with Gasteiger partial charge < -0.3 is 31.2 Å². The number of aryl methyl sites for hydroxylation is 1. The highest BCUT2D eigenvalue weighted by Gasteiger charge is 2.75. The molecule has 16 aliphatic rings. The second-order valence-electron chi connectivity index (χ2n) is 31.9. The molecule has 386 valence electrons. The lowest BCUT2D eigenvalue weighted by Crippen LogP contribution is -2.70. The van der Waals surface area contributed by atoms with E-state index in [9.17, 15) is 10.2 Å². The van der Waals surface area contributed by atoms with Crippen LogP contribution >= 0.6 is 0 Å². The highest BCUT2D eigenvalue weighted by atomic mass is 16.5. The average molecular weight is 973 g/mol. The van der Waals surface area contributed by atoms with Crippen molar-refractivity contribution in [3.8, 4) is 23.0 Å². The molecular weight excluding hydrogens is 885 g/mol. The van der Waals surface area contributed by atoms with Crippen molar-refractivity contribution >= 4 is 0 Å². The SMILES string of the molecule is Cc1cc(C23CC4(C)CC(C)(C2)CC(C25CC6CC(C)(CC(C)(C6)C2)C5)(C4)C3)c(C)c(Oc2ccc(C34CC5CC(O)(C3)C(N)C(C4)C5C)cc2)c1Oc1ccc(C23CC4CC(O)(C2)C(N)C(C3)C4C)cc1. The Bertz CT molecular complexity index is 2760. The molecule has 16 aliphatic carbocycles. The molecule has 0 saturated heterocycles. The van der Waals surface area contributed by atoms with Gasteiger partial charge in [0, 0.05) is 12.1 Å². The van der Waals surface area contributed by atoms with Crippen LogP contribution in [0.15, 0.2) is 54.6 Å². The fourth-order valence-electron chi connectivity index (χ4n) is 25.7. The molecule has 19 rings (SSSR count). The van der Waals surface area contributed by atoms with Crippen molar-refractivity contribution in [1.29, 1.82) is 0 Å². The predicted octanol–water partition coefficient (Wildman–Crippen LogP) is 14.0. The van der Waals surface area contributed by atoms with Gasteiger partial charge in [0.05, 0.1) is 11.2 Å². The number of hydrogen-bond acceptors (Lipinski definition) is 6. The zero-order valence-electron chi connectivity index (χ0n) is 45.4. The van der Waals surface area contributed by atoms with E-state index >= 15 is 0 Å². The topological polar surface area (TPSA) is 111 Å². The van der Waals surface area contributed by atoms with Crippen LogP contribution < -0.4 is 20.9 Å². The van der Waals surface area contributed by atoms with Crippen molar-refractivity contribution in [3.63, 3.8) is 0 Å². The minimum atomic E-state index is -0.773. The predicted molar refractivity (Wildman–Crippen MR) is 285 cm³/mol. The van der Waals surface area contributed by atoms with E-state index in [4.69, 9.17) is 20.9 Å².